The summed E-state index contributed by atoms with van der Waals surface area (Å²) in [6.45, 7) is 0. The van der Waals surface area contributed by atoms with Crippen LogP contribution in [0.15, 0.2) is 67.3 Å². The van der Waals surface area contributed by atoms with Crippen molar-refractivity contribution < 1.29 is 22.8 Å². The molecule has 0 spiro atoms. The van der Waals surface area contributed by atoms with E-state index in [1.54, 1.807) is 42.5 Å². The lowest BCUT2D eigenvalue weighted by Gasteiger charge is -2.15. The number of aromatic amines is 1. The van der Waals surface area contributed by atoms with Gasteiger partial charge in [-0.2, -0.15) is 23.4 Å². The van der Waals surface area contributed by atoms with Crippen LogP contribution in [0.4, 0.5) is 18.9 Å². The number of hydrogen-bond acceptors (Lipinski definition) is 5. The lowest BCUT2D eigenvalue weighted by Crippen LogP contribution is -2.21. The number of benzene rings is 2. The summed E-state index contributed by atoms with van der Waals surface area (Å²) in [7, 11) is 0. The first-order valence-corrected chi connectivity index (χ1v) is 11.3. The van der Waals surface area contributed by atoms with Crippen LogP contribution in [0.3, 0.4) is 0 Å². The molecule has 0 saturated heterocycles. The Morgan fingerprint density at radius 3 is 2.61 bits per heavy atom. The van der Waals surface area contributed by atoms with Crippen molar-refractivity contribution in [3.63, 3.8) is 0 Å². The van der Waals surface area contributed by atoms with Gasteiger partial charge < -0.3 is 10.3 Å². The second-order valence-corrected chi connectivity index (χ2v) is 8.62. The molecule has 0 aliphatic rings. The fraction of sp³-hybridized carbons (Fsp3) is 0.0400. The van der Waals surface area contributed by atoms with Gasteiger partial charge in [0, 0.05) is 34.1 Å². The normalized spacial score (nSPS) is 11.8. The fourth-order valence-electron chi connectivity index (χ4n) is 4.40. The number of carbonyl (C=O) groups is 1. The highest BCUT2D eigenvalue weighted by molar-refractivity contribution is 6.32. The number of pyridine rings is 1. The maximum atomic E-state index is 14.3. The molecule has 0 aliphatic heterocycles. The van der Waals surface area contributed by atoms with Gasteiger partial charge in [-0.15, -0.1) is 0 Å². The third-order valence-corrected chi connectivity index (χ3v) is 6.24. The molecule has 2 aromatic carbocycles. The first-order chi connectivity index (χ1) is 18.3. The van der Waals surface area contributed by atoms with Crippen LogP contribution in [0.2, 0.25) is 5.02 Å². The topological polar surface area (TPSA) is 110 Å². The van der Waals surface area contributed by atoms with E-state index in [1.807, 2.05) is 0 Å². The van der Waals surface area contributed by atoms with Crippen LogP contribution in [-0.2, 0) is 11.0 Å². The van der Waals surface area contributed by atoms with Gasteiger partial charge in [0.15, 0.2) is 17.5 Å². The van der Waals surface area contributed by atoms with Crippen molar-refractivity contribution in [1.29, 1.82) is 0 Å². The average Bonchev–Trinajstić information content (AvgIpc) is 3.64. The van der Waals surface area contributed by atoms with Crippen LogP contribution >= 0.6 is 11.6 Å². The van der Waals surface area contributed by atoms with Gasteiger partial charge in [-0.3, -0.25) is 4.79 Å². The van der Waals surface area contributed by atoms with Gasteiger partial charge in [-0.1, -0.05) is 29.8 Å². The highest BCUT2D eigenvalue weighted by Gasteiger charge is 2.41. The number of carbonyl (C=O) groups excluding carboxylic acids is 2. The number of H-pyrrole nitrogens is 1. The number of anilines is 1. The molecule has 4 aromatic heterocycles. The van der Waals surface area contributed by atoms with Crippen LogP contribution in [-0.4, -0.2) is 41.4 Å². The Morgan fingerprint density at radius 2 is 1.89 bits per heavy atom. The summed E-state index contributed by atoms with van der Waals surface area (Å²) in [6, 6.07) is 10.9. The van der Waals surface area contributed by atoms with Crippen LogP contribution in [0, 0.1) is 0 Å². The van der Waals surface area contributed by atoms with Crippen LogP contribution in [0.5, 0.6) is 0 Å². The predicted molar refractivity (Wildman–Crippen MR) is 132 cm³/mol. The van der Waals surface area contributed by atoms with E-state index in [0.717, 1.165) is 6.20 Å². The second kappa shape index (κ2) is 8.58. The summed E-state index contributed by atoms with van der Waals surface area (Å²) in [5.74, 6) is 1.04. The van der Waals surface area contributed by atoms with Gasteiger partial charge in [0.25, 0.3) is 5.91 Å². The smallest absolute Gasteiger partial charge is 0.345 e. The molecule has 13 heteroatoms. The first kappa shape index (κ1) is 23.5. The van der Waals surface area contributed by atoms with Crippen molar-refractivity contribution in [2.24, 2.45) is 0 Å². The number of nitrogens with one attached hydrogen (secondary N) is 2. The number of halogens is 4. The summed E-state index contributed by atoms with van der Waals surface area (Å²) in [5, 5.41) is 12.1. The second-order valence-electron chi connectivity index (χ2n) is 8.21. The fourth-order valence-corrected chi connectivity index (χ4v) is 4.65. The number of rotatable bonds is 4. The van der Waals surface area contributed by atoms with E-state index in [1.165, 1.54) is 29.2 Å². The van der Waals surface area contributed by atoms with E-state index in [4.69, 9.17) is 11.6 Å². The molecular weight excluding hydrogens is 523 g/mol. The van der Waals surface area contributed by atoms with E-state index < -0.39 is 23.3 Å². The molecule has 0 fully saturated rings. The highest BCUT2D eigenvalue weighted by atomic mass is 35.5. The minimum Gasteiger partial charge on any atom is -0.345 e. The monoisotopic (exact) mass is 535 g/mol. The van der Waals surface area contributed by atoms with Crippen molar-refractivity contribution in [3.8, 4) is 11.5 Å². The van der Waals surface area contributed by atoms with Crippen molar-refractivity contribution in [1.82, 2.24) is 29.5 Å². The summed E-state index contributed by atoms with van der Waals surface area (Å²) in [5.41, 5.74) is -1.24. The van der Waals surface area contributed by atoms with Crippen LogP contribution in [0.25, 0.3) is 33.2 Å². The van der Waals surface area contributed by atoms with Crippen molar-refractivity contribution in [2.45, 2.75) is 6.18 Å². The molecule has 0 radical (unpaired) electrons. The zero-order valence-electron chi connectivity index (χ0n) is 18.9. The molecule has 0 unspecified atom stereocenters. The molecule has 38 heavy (non-hydrogen) atoms. The Labute approximate surface area is 215 Å². The van der Waals surface area contributed by atoms with E-state index in [0.29, 0.717) is 26.4 Å². The molecule has 1 amide bonds. The highest BCUT2D eigenvalue weighted by Crippen LogP contribution is 2.37. The minimum atomic E-state index is -4.93. The summed E-state index contributed by atoms with van der Waals surface area (Å²) < 4.78 is 45.1. The summed E-state index contributed by atoms with van der Waals surface area (Å²) >= 11 is 6.24. The number of nitrogens with zero attached hydrogens (tertiary/aromatic N) is 5. The molecule has 4 heterocycles. The molecule has 2 N–H and O–H groups in total. The van der Waals surface area contributed by atoms with Gasteiger partial charge in [-0.25, -0.2) is 19.1 Å². The Bertz CT molecular complexity index is 1940. The SMILES string of the molecule is O=C=c1[nH]c2ccc(-n3ncc(C(=O)Nc4cnc(-n5cccn5)c(Cl)c4)c3C(F)(F)F)c3cccc1c23. The third-order valence-electron chi connectivity index (χ3n) is 5.96. The maximum absolute atomic E-state index is 14.3. The molecule has 0 atom stereocenters. The van der Waals surface area contributed by atoms with Gasteiger partial charge in [0.2, 0.25) is 0 Å². The molecule has 0 aliphatic carbocycles. The average molecular weight is 536 g/mol. The lowest BCUT2D eigenvalue weighted by molar-refractivity contribution is -0.143. The molecule has 0 bridgehead atoms. The van der Waals surface area contributed by atoms with E-state index >= 15 is 0 Å². The minimum absolute atomic E-state index is 0.0826. The van der Waals surface area contributed by atoms with E-state index in [-0.39, 0.29) is 27.6 Å². The largest absolute Gasteiger partial charge is 0.434 e. The predicted octanol–water partition coefficient (Wildman–Crippen LogP) is 4.23. The standard InChI is InChI=1S/C25H13ClF3N7O2/c26-17-9-13(10-30-23(17)35-8-2-7-31-35)33-24(38)16-11-32-36(22(16)25(27,28)29)20-6-5-18-21-14(19(12-37)34-18)3-1-4-15(20)21/h1-11,34H,(H,33,38). The Morgan fingerprint density at radius 1 is 1.08 bits per heavy atom. The molecule has 0 saturated carbocycles. The van der Waals surface area contributed by atoms with Crippen molar-refractivity contribution in [2.75, 3.05) is 5.32 Å². The number of aromatic nitrogens is 6. The number of alkyl halides is 3. The van der Waals surface area contributed by atoms with Crippen LogP contribution < -0.4 is 10.7 Å². The van der Waals surface area contributed by atoms with Gasteiger partial charge in [-0.05, 0) is 24.3 Å². The zero-order valence-corrected chi connectivity index (χ0v) is 19.7. The third kappa shape index (κ3) is 3.71. The van der Waals surface area contributed by atoms with Gasteiger partial charge in [0.1, 0.15) is 5.35 Å². The van der Waals surface area contributed by atoms with E-state index in [2.05, 4.69) is 25.5 Å². The quantitative estimate of drug-likeness (QED) is 0.351. The Balaban J connectivity index is 1.43. The summed E-state index contributed by atoms with van der Waals surface area (Å²) in [4.78, 5) is 31.4. The molecule has 6 aromatic rings. The summed E-state index contributed by atoms with van der Waals surface area (Å²) in [6.07, 6.45) is 0.317. The van der Waals surface area contributed by atoms with Crippen molar-refractivity contribution in [3.05, 3.63) is 88.9 Å². The molecular formula is C25H13ClF3N7O2. The van der Waals surface area contributed by atoms with Crippen LogP contribution in [0.1, 0.15) is 16.1 Å². The van der Waals surface area contributed by atoms with Gasteiger partial charge in [0.05, 0.1) is 34.4 Å². The Hall–Kier alpha value is -4.93. The molecule has 188 valence electrons. The number of hydrogen-bond donors (Lipinski definition) is 2. The Kier molecular flexibility index (Phi) is 5.30. The maximum Gasteiger partial charge on any atom is 0.434 e. The molecule has 6 rings (SSSR count). The van der Waals surface area contributed by atoms with Gasteiger partial charge >= 0.3 is 6.18 Å². The van der Waals surface area contributed by atoms with Crippen molar-refractivity contribution >= 4 is 50.8 Å². The van der Waals surface area contributed by atoms with E-state index in [9.17, 15) is 22.8 Å². The number of amides is 1. The first-order valence-electron chi connectivity index (χ1n) is 11.0. The molecule has 9 nitrogen and oxygen atoms in total. The zero-order chi connectivity index (χ0) is 26.6. The lowest BCUT2D eigenvalue weighted by atomic mass is 10.1.